The molecular formula is C13H24. The van der Waals surface area contributed by atoms with Crippen LogP contribution in [0.1, 0.15) is 60.3 Å². The van der Waals surface area contributed by atoms with Crippen LogP contribution in [0.25, 0.3) is 0 Å². The highest BCUT2D eigenvalue weighted by Crippen LogP contribution is 3.00. The molecule has 2 rings (SSSR count). The monoisotopic (exact) mass is 180 g/mol. The van der Waals surface area contributed by atoms with Gasteiger partial charge in [0.2, 0.25) is 0 Å². The molecular weight excluding hydrogens is 156 g/mol. The van der Waals surface area contributed by atoms with Gasteiger partial charge in [-0.1, -0.05) is 34.6 Å². The van der Waals surface area contributed by atoms with Gasteiger partial charge in [-0.25, -0.2) is 0 Å². The zero-order chi connectivity index (χ0) is 9.91. The van der Waals surface area contributed by atoms with Crippen LogP contribution in [0.4, 0.5) is 0 Å². The van der Waals surface area contributed by atoms with E-state index in [9.17, 15) is 0 Å². The Hall–Kier alpha value is 0. The van der Waals surface area contributed by atoms with E-state index in [4.69, 9.17) is 0 Å². The molecule has 0 bridgehead atoms. The SMILES string of the molecule is CCC1(CC)C2C(CC)(CC)C21C. The van der Waals surface area contributed by atoms with Crippen LogP contribution < -0.4 is 0 Å². The summed E-state index contributed by atoms with van der Waals surface area (Å²) in [5.74, 6) is 1.08. The van der Waals surface area contributed by atoms with E-state index in [1.54, 1.807) is 0 Å². The summed E-state index contributed by atoms with van der Waals surface area (Å²) in [6.07, 6.45) is 5.64. The summed E-state index contributed by atoms with van der Waals surface area (Å²) in [6.45, 7) is 12.1. The lowest BCUT2D eigenvalue weighted by atomic mass is 9.67. The Labute approximate surface area is 83.1 Å². The predicted molar refractivity (Wildman–Crippen MR) is 57.6 cm³/mol. The first-order valence-electron chi connectivity index (χ1n) is 6.11. The Bertz CT molecular complexity index is 198. The van der Waals surface area contributed by atoms with Crippen molar-refractivity contribution in [3.8, 4) is 0 Å². The molecule has 76 valence electrons. The molecule has 0 amide bonds. The molecule has 2 aliphatic rings. The molecule has 0 N–H and O–H groups in total. The summed E-state index contributed by atoms with van der Waals surface area (Å²) in [7, 11) is 0. The fourth-order valence-corrected chi connectivity index (χ4v) is 5.27. The summed E-state index contributed by atoms with van der Waals surface area (Å²) < 4.78 is 0. The molecule has 0 nitrogen and oxygen atoms in total. The van der Waals surface area contributed by atoms with Gasteiger partial charge in [-0.3, -0.25) is 0 Å². The Balaban J connectivity index is 2.18. The summed E-state index contributed by atoms with van der Waals surface area (Å²) in [5.41, 5.74) is 2.27. The molecule has 0 aromatic carbocycles. The van der Waals surface area contributed by atoms with Crippen molar-refractivity contribution in [1.29, 1.82) is 0 Å². The smallest absolute Gasteiger partial charge is 0.0168 e. The van der Waals surface area contributed by atoms with Crippen LogP contribution in [0.2, 0.25) is 0 Å². The first kappa shape index (κ1) is 9.55. The maximum Gasteiger partial charge on any atom is -0.0168 e. The van der Waals surface area contributed by atoms with Crippen molar-refractivity contribution in [2.24, 2.45) is 22.2 Å². The van der Waals surface area contributed by atoms with Crippen LogP contribution in [0.5, 0.6) is 0 Å². The number of hydrogen-bond acceptors (Lipinski definition) is 0. The number of hydrogen-bond donors (Lipinski definition) is 0. The van der Waals surface area contributed by atoms with Gasteiger partial charge in [0.1, 0.15) is 0 Å². The fraction of sp³-hybridized carbons (Fsp3) is 1.00. The van der Waals surface area contributed by atoms with Crippen molar-refractivity contribution >= 4 is 0 Å². The summed E-state index contributed by atoms with van der Waals surface area (Å²) in [5, 5.41) is 0. The summed E-state index contributed by atoms with van der Waals surface area (Å²) in [6, 6.07) is 0. The van der Waals surface area contributed by atoms with Gasteiger partial charge in [-0.15, -0.1) is 0 Å². The molecule has 2 saturated carbocycles. The van der Waals surface area contributed by atoms with Crippen LogP contribution in [-0.4, -0.2) is 0 Å². The molecule has 2 fully saturated rings. The normalized spacial score (nSPS) is 42.7. The van der Waals surface area contributed by atoms with E-state index in [1.165, 1.54) is 25.7 Å². The standard InChI is InChI=1S/C13H24/c1-6-12(7-2)10-11(12,5)13(10,8-3)9-4/h10H,6-9H2,1-5H3. The van der Waals surface area contributed by atoms with Crippen LogP contribution in [0.3, 0.4) is 0 Å². The summed E-state index contributed by atoms with van der Waals surface area (Å²) in [4.78, 5) is 0. The molecule has 0 atom stereocenters. The van der Waals surface area contributed by atoms with Gasteiger partial charge in [0.15, 0.2) is 0 Å². The van der Waals surface area contributed by atoms with E-state index in [2.05, 4.69) is 34.6 Å². The second-order valence-electron chi connectivity index (χ2n) is 5.36. The molecule has 0 heterocycles. The van der Waals surface area contributed by atoms with Crippen molar-refractivity contribution in [2.75, 3.05) is 0 Å². The number of fused-ring (bicyclic) bond motifs is 1. The molecule has 0 heteroatoms. The lowest BCUT2D eigenvalue weighted by Gasteiger charge is -2.37. The van der Waals surface area contributed by atoms with E-state index in [0.29, 0.717) is 0 Å². The summed E-state index contributed by atoms with van der Waals surface area (Å²) >= 11 is 0. The zero-order valence-electron chi connectivity index (χ0n) is 9.91. The average molecular weight is 180 g/mol. The maximum absolute atomic E-state index is 2.55. The van der Waals surface area contributed by atoms with Crippen LogP contribution in [0.15, 0.2) is 0 Å². The third-order valence-electron chi connectivity index (χ3n) is 6.11. The van der Waals surface area contributed by atoms with E-state index < -0.39 is 0 Å². The molecule has 0 aliphatic heterocycles. The van der Waals surface area contributed by atoms with E-state index in [1.807, 2.05) is 0 Å². The van der Waals surface area contributed by atoms with E-state index >= 15 is 0 Å². The van der Waals surface area contributed by atoms with Gasteiger partial charge < -0.3 is 0 Å². The van der Waals surface area contributed by atoms with Crippen molar-refractivity contribution in [2.45, 2.75) is 60.3 Å². The minimum atomic E-state index is 0.743. The first-order valence-corrected chi connectivity index (χ1v) is 6.11. The van der Waals surface area contributed by atoms with Crippen molar-refractivity contribution in [1.82, 2.24) is 0 Å². The average Bonchev–Trinajstić information content (AvgIpc) is 2.93. The van der Waals surface area contributed by atoms with Crippen molar-refractivity contribution in [3.05, 3.63) is 0 Å². The minimum Gasteiger partial charge on any atom is -0.0648 e. The van der Waals surface area contributed by atoms with Gasteiger partial charge in [0.25, 0.3) is 0 Å². The topological polar surface area (TPSA) is 0 Å². The molecule has 2 aliphatic carbocycles. The van der Waals surface area contributed by atoms with Gasteiger partial charge in [0, 0.05) is 0 Å². The molecule has 0 aromatic heterocycles. The third-order valence-corrected chi connectivity index (χ3v) is 6.11. The zero-order valence-corrected chi connectivity index (χ0v) is 9.91. The predicted octanol–water partition coefficient (Wildman–Crippen LogP) is 4.25. The van der Waals surface area contributed by atoms with Gasteiger partial charge in [-0.05, 0) is 47.8 Å². The largest absolute Gasteiger partial charge is 0.0648 e. The highest BCUT2D eigenvalue weighted by Gasteiger charge is 2.96. The van der Waals surface area contributed by atoms with Crippen LogP contribution in [0, 0.1) is 22.2 Å². The van der Waals surface area contributed by atoms with Gasteiger partial charge >= 0.3 is 0 Å². The van der Waals surface area contributed by atoms with E-state index in [-0.39, 0.29) is 0 Å². The Morgan fingerprint density at radius 3 is 1.15 bits per heavy atom. The first-order chi connectivity index (χ1) is 6.11. The molecule has 0 radical (unpaired) electrons. The highest BCUT2D eigenvalue weighted by atomic mass is 15.0. The molecule has 0 aromatic rings. The molecule has 13 heavy (non-hydrogen) atoms. The quantitative estimate of drug-likeness (QED) is 0.606. The maximum atomic E-state index is 2.55. The highest BCUT2D eigenvalue weighted by molar-refractivity contribution is 5.43. The molecule has 0 saturated heterocycles. The van der Waals surface area contributed by atoms with Gasteiger partial charge in [0.05, 0.1) is 0 Å². The molecule has 0 spiro atoms. The number of rotatable bonds is 4. The second-order valence-corrected chi connectivity index (χ2v) is 5.36. The Kier molecular flexibility index (Phi) is 1.71. The third kappa shape index (κ3) is 0.620. The van der Waals surface area contributed by atoms with Gasteiger partial charge in [-0.2, -0.15) is 0 Å². The lowest BCUT2D eigenvalue weighted by molar-refractivity contribution is 0.116. The Morgan fingerprint density at radius 2 is 1.00 bits per heavy atom. The second kappa shape index (κ2) is 2.32. The van der Waals surface area contributed by atoms with E-state index in [0.717, 1.165) is 22.2 Å². The lowest BCUT2D eigenvalue weighted by Crippen LogP contribution is -2.29. The van der Waals surface area contributed by atoms with Crippen molar-refractivity contribution in [3.63, 3.8) is 0 Å². The van der Waals surface area contributed by atoms with Crippen molar-refractivity contribution < 1.29 is 0 Å². The molecule has 0 unspecified atom stereocenters. The van der Waals surface area contributed by atoms with Crippen LogP contribution >= 0.6 is 0 Å². The fourth-order valence-electron chi connectivity index (χ4n) is 5.27. The minimum absolute atomic E-state index is 0.743. The van der Waals surface area contributed by atoms with Crippen LogP contribution in [-0.2, 0) is 0 Å². The Morgan fingerprint density at radius 1 is 0.769 bits per heavy atom.